The molecule has 3 rings (SSSR count). The number of aromatic nitrogens is 4. The monoisotopic (exact) mass is 286 g/mol. The Morgan fingerprint density at radius 2 is 1.95 bits per heavy atom. The van der Waals surface area contributed by atoms with Crippen molar-refractivity contribution in [2.24, 2.45) is 7.05 Å². The molecular formula is C15H15ClN4. The SMILES string of the molecule is C[C@@H](Cc1ccccc1)c1nc(Cl)nc2c1ncn2C. The summed E-state index contributed by atoms with van der Waals surface area (Å²) >= 11 is 6.04. The average Bonchev–Trinajstić information content (AvgIpc) is 2.81. The number of hydrogen-bond donors (Lipinski definition) is 0. The Morgan fingerprint density at radius 1 is 1.20 bits per heavy atom. The minimum atomic E-state index is 0.232. The zero-order chi connectivity index (χ0) is 14.1. The Kier molecular flexibility index (Phi) is 3.40. The lowest BCUT2D eigenvalue weighted by Gasteiger charge is -2.12. The van der Waals surface area contributed by atoms with Crippen molar-refractivity contribution in [1.29, 1.82) is 0 Å². The fourth-order valence-corrected chi connectivity index (χ4v) is 2.58. The summed E-state index contributed by atoms with van der Waals surface area (Å²) in [4.78, 5) is 13.0. The number of rotatable bonds is 3. The van der Waals surface area contributed by atoms with Crippen LogP contribution in [0.25, 0.3) is 11.2 Å². The molecule has 1 aromatic carbocycles. The van der Waals surface area contributed by atoms with Crippen molar-refractivity contribution in [3.8, 4) is 0 Å². The van der Waals surface area contributed by atoms with Gasteiger partial charge in [-0.25, -0.2) is 9.97 Å². The number of hydrogen-bond acceptors (Lipinski definition) is 3. The van der Waals surface area contributed by atoms with E-state index in [9.17, 15) is 0 Å². The molecule has 2 heterocycles. The molecule has 5 heteroatoms. The van der Waals surface area contributed by atoms with Crippen molar-refractivity contribution >= 4 is 22.8 Å². The van der Waals surface area contributed by atoms with Crippen LogP contribution in [0.4, 0.5) is 0 Å². The van der Waals surface area contributed by atoms with Crippen LogP contribution < -0.4 is 0 Å². The first-order valence-electron chi connectivity index (χ1n) is 6.53. The quantitative estimate of drug-likeness (QED) is 0.694. The Bertz CT molecular complexity index is 736. The number of imidazole rings is 1. The summed E-state index contributed by atoms with van der Waals surface area (Å²) in [6.07, 6.45) is 2.65. The molecule has 0 bridgehead atoms. The first-order valence-corrected chi connectivity index (χ1v) is 6.91. The van der Waals surface area contributed by atoms with Crippen LogP contribution in [-0.4, -0.2) is 19.5 Å². The molecule has 0 radical (unpaired) electrons. The van der Waals surface area contributed by atoms with E-state index in [-0.39, 0.29) is 11.2 Å². The molecule has 3 aromatic rings. The molecule has 2 aromatic heterocycles. The fourth-order valence-electron chi connectivity index (χ4n) is 2.41. The molecule has 0 aliphatic heterocycles. The smallest absolute Gasteiger partial charge is 0.224 e. The normalized spacial score (nSPS) is 12.8. The maximum absolute atomic E-state index is 6.04. The summed E-state index contributed by atoms with van der Waals surface area (Å²) in [5, 5.41) is 0.274. The van der Waals surface area contributed by atoms with Crippen LogP contribution in [0.3, 0.4) is 0 Å². The van der Waals surface area contributed by atoms with Crippen LogP contribution in [0.15, 0.2) is 36.7 Å². The molecular weight excluding hydrogens is 272 g/mol. The third-order valence-electron chi connectivity index (χ3n) is 3.41. The summed E-state index contributed by atoms with van der Waals surface area (Å²) in [6, 6.07) is 10.4. The Hall–Kier alpha value is -1.94. The second kappa shape index (κ2) is 5.21. The van der Waals surface area contributed by atoms with Crippen molar-refractivity contribution < 1.29 is 0 Å². The Labute approximate surface area is 122 Å². The van der Waals surface area contributed by atoms with E-state index in [0.717, 1.165) is 23.3 Å². The van der Waals surface area contributed by atoms with Gasteiger partial charge in [0.05, 0.1) is 12.0 Å². The van der Waals surface area contributed by atoms with E-state index in [1.165, 1.54) is 5.56 Å². The lowest BCUT2D eigenvalue weighted by molar-refractivity contribution is 0.734. The summed E-state index contributed by atoms with van der Waals surface area (Å²) in [6.45, 7) is 2.14. The first-order chi connectivity index (χ1) is 9.65. The van der Waals surface area contributed by atoms with Crippen LogP contribution in [0, 0.1) is 0 Å². The highest BCUT2D eigenvalue weighted by atomic mass is 35.5. The number of halogens is 1. The van der Waals surface area contributed by atoms with Crippen molar-refractivity contribution in [2.75, 3.05) is 0 Å². The molecule has 0 aliphatic carbocycles. The zero-order valence-electron chi connectivity index (χ0n) is 11.4. The Balaban J connectivity index is 2.01. The molecule has 102 valence electrons. The number of nitrogens with zero attached hydrogens (tertiary/aromatic N) is 4. The van der Waals surface area contributed by atoms with E-state index < -0.39 is 0 Å². The van der Waals surface area contributed by atoms with Crippen molar-refractivity contribution in [1.82, 2.24) is 19.5 Å². The lowest BCUT2D eigenvalue weighted by atomic mass is 9.97. The van der Waals surface area contributed by atoms with Crippen LogP contribution >= 0.6 is 11.6 Å². The van der Waals surface area contributed by atoms with Gasteiger partial charge in [-0.15, -0.1) is 0 Å². The van der Waals surface area contributed by atoms with Crippen LogP contribution in [0.1, 0.15) is 24.1 Å². The van der Waals surface area contributed by atoms with E-state index in [4.69, 9.17) is 11.6 Å². The third-order valence-corrected chi connectivity index (χ3v) is 3.58. The van der Waals surface area contributed by atoms with Gasteiger partial charge in [-0.05, 0) is 23.6 Å². The molecule has 0 saturated heterocycles. The minimum absolute atomic E-state index is 0.232. The van der Waals surface area contributed by atoms with Crippen molar-refractivity contribution in [3.63, 3.8) is 0 Å². The second-order valence-corrected chi connectivity index (χ2v) is 5.33. The maximum atomic E-state index is 6.04. The first kappa shape index (κ1) is 13.1. The van der Waals surface area contributed by atoms with Crippen LogP contribution in [0.2, 0.25) is 5.28 Å². The average molecular weight is 287 g/mol. The number of aryl methyl sites for hydroxylation is 1. The highest BCUT2D eigenvalue weighted by molar-refractivity contribution is 6.28. The Morgan fingerprint density at radius 3 is 2.70 bits per heavy atom. The van der Waals surface area contributed by atoms with Gasteiger partial charge < -0.3 is 4.57 Å². The van der Waals surface area contributed by atoms with E-state index >= 15 is 0 Å². The van der Waals surface area contributed by atoms with Gasteiger partial charge in [-0.3, -0.25) is 0 Å². The van der Waals surface area contributed by atoms with Gasteiger partial charge in [0.2, 0.25) is 5.28 Å². The van der Waals surface area contributed by atoms with Gasteiger partial charge in [0, 0.05) is 13.0 Å². The molecule has 1 atom stereocenters. The fraction of sp³-hybridized carbons (Fsp3) is 0.267. The van der Waals surface area contributed by atoms with E-state index in [1.54, 1.807) is 6.33 Å². The maximum Gasteiger partial charge on any atom is 0.224 e. The summed E-state index contributed by atoms with van der Waals surface area (Å²) in [7, 11) is 1.91. The predicted molar refractivity (Wildman–Crippen MR) is 79.9 cm³/mol. The molecule has 0 N–H and O–H groups in total. The summed E-state index contributed by atoms with van der Waals surface area (Å²) in [5.74, 6) is 0.232. The number of fused-ring (bicyclic) bond motifs is 1. The highest BCUT2D eigenvalue weighted by Crippen LogP contribution is 2.25. The minimum Gasteiger partial charge on any atom is -0.318 e. The van der Waals surface area contributed by atoms with E-state index in [0.29, 0.717) is 0 Å². The van der Waals surface area contributed by atoms with Crippen LogP contribution in [-0.2, 0) is 13.5 Å². The summed E-state index contributed by atoms with van der Waals surface area (Å²) in [5.41, 5.74) is 3.79. The van der Waals surface area contributed by atoms with Gasteiger partial charge in [0.25, 0.3) is 0 Å². The van der Waals surface area contributed by atoms with Crippen molar-refractivity contribution in [3.05, 3.63) is 53.2 Å². The van der Waals surface area contributed by atoms with Gasteiger partial charge in [0.1, 0.15) is 5.52 Å². The molecule has 0 unspecified atom stereocenters. The molecule has 0 spiro atoms. The third kappa shape index (κ3) is 2.39. The molecule has 0 fully saturated rings. The lowest BCUT2D eigenvalue weighted by Crippen LogP contribution is -2.04. The highest BCUT2D eigenvalue weighted by Gasteiger charge is 2.17. The van der Waals surface area contributed by atoms with Gasteiger partial charge in [0.15, 0.2) is 5.65 Å². The van der Waals surface area contributed by atoms with Gasteiger partial charge in [-0.2, -0.15) is 4.98 Å². The van der Waals surface area contributed by atoms with E-state index in [1.807, 2.05) is 29.8 Å². The van der Waals surface area contributed by atoms with Gasteiger partial charge >= 0.3 is 0 Å². The summed E-state index contributed by atoms with van der Waals surface area (Å²) < 4.78 is 1.86. The van der Waals surface area contributed by atoms with Crippen LogP contribution in [0.5, 0.6) is 0 Å². The second-order valence-electron chi connectivity index (χ2n) is 5.00. The molecule has 0 amide bonds. The molecule has 4 nitrogen and oxygen atoms in total. The predicted octanol–water partition coefficient (Wildman–Crippen LogP) is 3.36. The molecule has 0 aliphatic rings. The van der Waals surface area contributed by atoms with E-state index in [2.05, 4.69) is 34.0 Å². The topological polar surface area (TPSA) is 43.6 Å². The standard InChI is InChI=1S/C15H15ClN4/c1-10(8-11-6-4-3-5-7-11)12-13-14(19-15(16)18-12)20(2)9-17-13/h3-7,9-10H,8H2,1-2H3/t10-/m0/s1. The number of benzene rings is 1. The van der Waals surface area contributed by atoms with Crippen molar-refractivity contribution in [2.45, 2.75) is 19.3 Å². The molecule has 0 saturated carbocycles. The van der Waals surface area contributed by atoms with Gasteiger partial charge in [-0.1, -0.05) is 37.3 Å². The zero-order valence-corrected chi connectivity index (χ0v) is 12.2. The largest absolute Gasteiger partial charge is 0.318 e. The molecule has 20 heavy (non-hydrogen) atoms.